The average Bonchev–Trinajstić information content (AvgIpc) is 2.78. The number of amides is 1. The van der Waals surface area contributed by atoms with Gasteiger partial charge in [0.1, 0.15) is 0 Å². The third-order valence-electron chi connectivity index (χ3n) is 4.96. The van der Waals surface area contributed by atoms with Gasteiger partial charge in [-0.25, -0.2) is 0 Å². The first-order valence-electron chi connectivity index (χ1n) is 9.63. The Morgan fingerprint density at radius 2 is 1.79 bits per heavy atom. The molecule has 1 heterocycles. The molecule has 1 aliphatic heterocycles. The van der Waals surface area contributed by atoms with Gasteiger partial charge in [0.2, 0.25) is 5.75 Å². The van der Waals surface area contributed by atoms with Crippen LogP contribution >= 0.6 is 0 Å². The van der Waals surface area contributed by atoms with Crippen molar-refractivity contribution in [2.45, 2.75) is 6.10 Å². The van der Waals surface area contributed by atoms with Crippen LogP contribution in [0.5, 0.6) is 17.2 Å². The summed E-state index contributed by atoms with van der Waals surface area (Å²) in [5.41, 5.74) is 1.64. The number of benzene rings is 2. The summed E-state index contributed by atoms with van der Waals surface area (Å²) in [5, 5.41) is 2.97. The summed E-state index contributed by atoms with van der Waals surface area (Å²) < 4.78 is 21.8. The predicted octanol–water partition coefficient (Wildman–Crippen LogP) is 2.52. The Labute approximate surface area is 171 Å². The molecule has 7 nitrogen and oxygen atoms in total. The fourth-order valence-corrected chi connectivity index (χ4v) is 3.42. The van der Waals surface area contributed by atoms with Gasteiger partial charge in [0, 0.05) is 31.7 Å². The van der Waals surface area contributed by atoms with Gasteiger partial charge in [-0.15, -0.1) is 0 Å². The summed E-state index contributed by atoms with van der Waals surface area (Å²) in [6.45, 7) is 3.63. The molecule has 1 saturated heterocycles. The molecule has 0 unspecified atom stereocenters. The number of ether oxygens (including phenoxy) is 4. The molecule has 1 aliphatic rings. The first-order chi connectivity index (χ1) is 14.2. The molecule has 2 aromatic carbocycles. The minimum atomic E-state index is -0.183. The second kappa shape index (κ2) is 10.1. The van der Waals surface area contributed by atoms with E-state index in [0.29, 0.717) is 36.0 Å². The molecule has 3 rings (SSSR count). The van der Waals surface area contributed by atoms with Crippen LogP contribution in [0.3, 0.4) is 0 Å². The van der Waals surface area contributed by atoms with Crippen molar-refractivity contribution in [3.8, 4) is 17.2 Å². The van der Waals surface area contributed by atoms with E-state index in [-0.39, 0.29) is 12.0 Å². The maximum atomic E-state index is 12.6. The fraction of sp³-hybridized carbons (Fsp3) is 0.409. The summed E-state index contributed by atoms with van der Waals surface area (Å²) in [6.07, 6.45) is 0.0655. The number of nitrogens with one attached hydrogen (secondary N) is 1. The van der Waals surface area contributed by atoms with Crippen LogP contribution in [-0.4, -0.2) is 64.9 Å². The van der Waals surface area contributed by atoms with Gasteiger partial charge in [0.15, 0.2) is 11.5 Å². The molecule has 0 saturated carbocycles. The molecule has 2 aromatic rings. The SMILES string of the molecule is COc1cc(C(=O)NCCN2CCO[C@H](c3ccccc3)C2)cc(OC)c1OC. The smallest absolute Gasteiger partial charge is 0.251 e. The van der Waals surface area contributed by atoms with E-state index in [1.807, 2.05) is 18.2 Å². The zero-order valence-electron chi connectivity index (χ0n) is 17.1. The molecular formula is C22H28N2O5. The topological polar surface area (TPSA) is 69.3 Å². The number of hydrogen-bond donors (Lipinski definition) is 1. The lowest BCUT2D eigenvalue weighted by molar-refractivity contribution is -0.0293. The Bertz CT molecular complexity index is 787. The van der Waals surface area contributed by atoms with Crippen LogP contribution < -0.4 is 19.5 Å². The number of morpholine rings is 1. The van der Waals surface area contributed by atoms with Gasteiger partial charge in [-0.1, -0.05) is 30.3 Å². The number of carbonyl (C=O) groups is 1. The number of nitrogens with zero attached hydrogens (tertiary/aromatic N) is 1. The largest absolute Gasteiger partial charge is 0.493 e. The zero-order chi connectivity index (χ0) is 20.6. The van der Waals surface area contributed by atoms with Crippen molar-refractivity contribution in [1.82, 2.24) is 10.2 Å². The number of rotatable bonds is 8. The fourth-order valence-electron chi connectivity index (χ4n) is 3.42. The van der Waals surface area contributed by atoms with Crippen molar-refractivity contribution in [2.75, 3.05) is 54.1 Å². The zero-order valence-corrected chi connectivity index (χ0v) is 17.1. The highest BCUT2D eigenvalue weighted by Gasteiger charge is 2.22. The van der Waals surface area contributed by atoms with Crippen molar-refractivity contribution in [1.29, 1.82) is 0 Å². The van der Waals surface area contributed by atoms with Crippen LogP contribution in [0.2, 0.25) is 0 Å². The Balaban J connectivity index is 1.56. The van der Waals surface area contributed by atoms with Gasteiger partial charge in [-0.05, 0) is 17.7 Å². The van der Waals surface area contributed by atoms with E-state index >= 15 is 0 Å². The highest BCUT2D eigenvalue weighted by molar-refractivity contribution is 5.95. The van der Waals surface area contributed by atoms with E-state index < -0.39 is 0 Å². The van der Waals surface area contributed by atoms with Crippen molar-refractivity contribution in [2.24, 2.45) is 0 Å². The summed E-state index contributed by atoms with van der Waals surface area (Å²) in [7, 11) is 4.59. The molecule has 1 atom stereocenters. The highest BCUT2D eigenvalue weighted by atomic mass is 16.5. The van der Waals surface area contributed by atoms with Crippen LogP contribution in [0.25, 0.3) is 0 Å². The van der Waals surface area contributed by atoms with Gasteiger partial charge in [-0.2, -0.15) is 0 Å². The lowest BCUT2D eigenvalue weighted by Crippen LogP contribution is -2.42. The molecule has 1 amide bonds. The first-order valence-corrected chi connectivity index (χ1v) is 9.63. The Kier molecular flexibility index (Phi) is 7.32. The van der Waals surface area contributed by atoms with Crippen molar-refractivity contribution in [3.05, 3.63) is 53.6 Å². The maximum Gasteiger partial charge on any atom is 0.251 e. The second-order valence-electron chi connectivity index (χ2n) is 6.74. The van der Waals surface area contributed by atoms with Gasteiger partial charge < -0.3 is 24.3 Å². The molecule has 0 radical (unpaired) electrons. The minimum absolute atomic E-state index is 0.0655. The Morgan fingerprint density at radius 3 is 2.41 bits per heavy atom. The second-order valence-corrected chi connectivity index (χ2v) is 6.74. The highest BCUT2D eigenvalue weighted by Crippen LogP contribution is 2.38. The van der Waals surface area contributed by atoms with Crippen LogP contribution in [0.15, 0.2) is 42.5 Å². The number of carbonyl (C=O) groups excluding carboxylic acids is 1. The molecule has 7 heteroatoms. The maximum absolute atomic E-state index is 12.6. The van der Waals surface area contributed by atoms with Crippen molar-refractivity contribution in [3.63, 3.8) is 0 Å². The monoisotopic (exact) mass is 400 g/mol. The minimum Gasteiger partial charge on any atom is -0.493 e. The average molecular weight is 400 g/mol. The first kappa shape index (κ1) is 21.0. The standard InChI is InChI=1S/C22H28N2O5/c1-26-18-13-17(14-19(27-2)21(18)28-3)22(25)23-9-10-24-11-12-29-20(15-24)16-7-5-4-6-8-16/h4-8,13-14,20H,9-12,15H2,1-3H3,(H,23,25)/t20-/m0/s1. The molecule has 0 aliphatic carbocycles. The van der Waals surface area contributed by atoms with E-state index in [1.54, 1.807) is 12.1 Å². The van der Waals surface area contributed by atoms with Crippen molar-refractivity contribution >= 4 is 5.91 Å². The molecular weight excluding hydrogens is 372 g/mol. The van der Waals surface area contributed by atoms with Crippen LogP contribution in [0, 0.1) is 0 Å². The van der Waals surface area contributed by atoms with Gasteiger partial charge in [0.25, 0.3) is 5.91 Å². The van der Waals surface area contributed by atoms with Crippen molar-refractivity contribution < 1.29 is 23.7 Å². The van der Waals surface area contributed by atoms with Gasteiger partial charge in [-0.3, -0.25) is 9.69 Å². The third-order valence-corrected chi connectivity index (χ3v) is 4.96. The Hall–Kier alpha value is -2.77. The lowest BCUT2D eigenvalue weighted by atomic mass is 10.1. The normalized spacial score (nSPS) is 16.9. The summed E-state index contributed by atoms with van der Waals surface area (Å²) >= 11 is 0. The van der Waals surface area contributed by atoms with Crippen LogP contribution in [-0.2, 0) is 4.74 Å². The molecule has 1 N–H and O–H groups in total. The Morgan fingerprint density at radius 1 is 1.10 bits per heavy atom. The van der Waals surface area contributed by atoms with Crippen LogP contribution in [0.4, 0.5) is 0 Å². The molecule has 29 heavy (non-hydrogen) atoms. The number of hydrogen-bond acceptors (Lipinski definition) is 6. The van der Waals surface area contributed by atoms with E-state index in [0.717, 1.165) is 19.6 Å². The van der Waals surface area contributed by atoms with Gasteiger partial charge in [0.05, 0.1) is 34.0 Å². The van der Waals surface area contributed by atoms with Gasteiger partial charge >= 0.3 is 0 Å². The molecule has 0 spiro atoms. The summed E-state index contributed by atoms with van der Waals surface area (Å²) in [6, 6.07) is 13.5. The molecule has 1 fully saturated rings. The third kappa shape index (κ3) is 5.19. The predicted molar refractivity (Wildman–Crippen MR) is 110 cm³/mol. The number of methoxy groups -OCH3 is 3. The molecule has 0 bridgehead atoms. The van der Waals surface area contributed by atoms with E-state index in [1.165, 1.54) is 26.9 Å². The van der Waals surface area contributed by atoms with E-state index in [2.05, 4.69) is 22.3 Å². The van der Waals surface area contributed by atoms with Crippen LogP contribution in [0.1, 0.15) is 22.0 Å². The molecule has 0 aromatic heterocycles. The van der Waals surface area contributed by atoms with E-state index in [9.17, 15) is 4.79 Å². The quantitative estimate of drug-likeness (QED) is 0.734. The molecule has 156 valence electrons. The summed E-state index contributed by atoms with van der Waals surface area (Å²) in [5.74, 6) is 1.19. The summed E-state index contributed by atoms with van der Waals surface area (Å²) in [4.78, 5) is 14.9. The van der Waals surface area contributed by atoms with E-state index in [4.69, 9.17) is 18.9 Å². The lowest BCUT2D eigenvalue weighted by Gasteiger charge is -2.33.